The molecule has 1 aromatic rings. The van der Waals surface area contributed by atoms with Crippen LogP contribution in [0.2, 0.25) is 0 Å². The maximum Gasteiger partial charge on any atom is 0.332 e. The lowest BCUT2D eigenvalue weighted by Crippen LogP contribution is -2.16. The molecule has 2 atom stereocenters. The van der Waals surface area contributed by atoms with Crippen LogP contribution in [0.3, 0.4) is 0 Å². The molecule has 1 heterocycles. The first-order valence-corrected chi connectivity index (χ1v) is 6.90. The molecule has 0 N–H and O–H groups in total. The van der Waals surface area contributed by atoms with Crippen LogP contribution in [-0.2, 0) is 6.54 Å². The molecule has 0 bridgehead atoms. The summed E-state index contributed by atoms with van der Waals surface area (Å²) in [6.45, 7) is 3.04. The third-order valence-corrected chi connectivity index (χ3v) is 4.00. The average molecular weight is 264 g/mol. The number of rotatable bonds is 4. The van der Waals surface area contributed by atoms with Gasteiger partial charge in [-0.05, 0) is 24.7 Å². The topological polar surface area (TPSA) is 65.1 Å². The summed E-state index contributed by atoms with van der Waals surface area (Å²) in [5.41, 5.74) is -0.855. The summed E-state index contributed by atoms with van der Waals surface area (Å²) in [5.74, 6) is 1.50. The zero-order valence-electron chi connectivity index (χ0n) is 11.2. The Hall–Kier alpha value is -1.65. The van der Waals surface area contributed by atoms with Crippen molar-refractivity contribution < 1.29 is 4.92 Å². The molecule has 1 aliphatic carbocycles. The molecule has 2 rings (SSSR count). The van der Waals surface area contributed by atoms with Gasteiger partial charge in [-0.2, -0.15) is 0 Å². The third kappa shape index (κ3) is 3.66. The van der Waals surface area contributed by atoms with Gasteiger partial charge in [-0.1, -0.05) is 26.2 Å². The molecule has 1 aliphatic rings. The van der Waals surface area contributed by atoms with Crippen LogP contribution in [0.1, 0.15) is 39.0 Å². The summed E-state index contributed by atoms with van der Waals surface area (Å²) in [7, 11) is 0. The van der Waals surface area contributed by atoms with E-state index in [-0.39, 0.29) is 5.69 Å². The molecule has 5 nitrogen and oxygen atoms in total. The van der Waals surface area contributed by atoms with Crippen molar-refractivity contribution in [2.45, 2.75) is 45.6 Å². The Morgan fingerprint density at radius 2 is 2.26 bits per heavy atom. The zero-order valence-corrected chi connectivity index (χ0v) is 11.2. The van der Waals surface area contributed by atoms with Crippen molar-refractivity contribution in [2.24, 2.45) is 11.8 Å². The van der Waals surface area contributed by atoms with Gasteiger partial charge >= 0.3 is 5.69 Å². The van der Waals surface area contributed by atoms with E-state index < -0.39 is 10.4 Å². The van der Waals surface area contributed by atoms with Crippen molar-refractivity contribution in [3.05, 3.63) is 38.8 Å². The minimum absolute atomic E-state index is 0.334. The third-order valence-electron chi connectivity index (χ3n) is 4.00. The van der Waals surface area contributed by atoms with Crippen LogP contribution in [0.5, 0.6) is 0 Å². The van der Waals surface area contributed by atoms with E-state index in [2.05, 4.69) is 6.92 Å². The van der Waals surface area contributed by atoms with Gasteiger partial charge in [0.05, 0.1) is 11.1 Å². The number of aromatic nitrogens is 1. The minimum atomic E-state index is -0.610. The molecule has 0 saturated heterocycles. The first-order valence-electron chi connectivity index (χ1n) is 6.90. The molecule has 0 radical (unpaired) electrons. The van der Waals surface area contributed by atoms with Gasteiger partial charge in [0.25, 0.3) is 5.43 Å². The number of hydrogen-bond acceptors (Lipinski definition) is 3. The minimum Gasteiger partial charge on any atom is -0.348 e. The summed E-state index contributed by atoms with van der Waals surface area (Å²) >= 11 is 0. The molecule has 0 unspecified atom stereocenters. The lowest BCUT2D eigenvalue weighted by atomic mass is 9.81. The summed E-state index contributed by atoms with van der Waals surface area (Å²) in [6.07, 6.45) is 9.14. The zero-order chi connectivity index (χ0) is 13.8. The van der Waals surface area contributed by atoms with E-state index in [9.17, 15) is 14.9 Å². The van der Waals surface area contributed by atoms with Gasteiger partial charge in [-0.3, -0.25) is 14.9 Å². The van der Waals surface area contributed by atoms with Crippen molar-refractivity contribution in [1.82, 2.24) is 4.57 Å². The van der Waals surface area contributed by atoms with Crippen molar-refractivity contribution in [1.29, 1.82) is 0 Å². The highest BCUT2D eigenvalue weighted by atomic mass is 16.6. The van der Waals surface area contributed by atoms with Crippen LogP contribution < -0.4 is 5.43 Å². The van der Waals surface area contributed by atoms with E-state index in [1.807, 2.05) is 0 Å². The number of aryl methyl sites for hydroxylation is 1. The largest absolute Gasteiger partial charge is 0.348 e. The van der Waals surface area contributed by atoms with Crippen molar-refractivity contribution >= 4 is 5.69 Å². The Morgan fingerprint density at radius 3 is 2.95 bits per heavy atom. The predicted molar refractivity (Wildman–Crippen MR) is 73.1 cm³/mol. The molecule has 19 heavy (non-hydrogen) atoms. The molecule has 1 saturated carbocycles. The quantitative estimate of drug-likeness (QED) is 0.620. The molecule has 0 amide bonds. The molecule has 1 fully saturated rings. The Morgan fingerprint density at radius 1 is 1.47 bits per heavy atom. The summed E-state index contributed by atoms with van der Waals surface area (Å²) in [4.78, 5) is 21.4. The molecular weight excluding hydrogens is 244 g/mol. The molecule has 104 valence electrons. The Kier molecular flexibility index (Phi) is 4.35. The van der Waals surface area contributed by atoms with E-state index in [0.717, 1.165) is 18.9 Å². The van der Waals surface area contributed by atoms with E-state index in [1.54, 1.807) is 10.8 Å². The van der Waals surface area contributed by atoms with Gasteiger partial charge in [-0.15, -0.1) is 0 Å². The first-order chi connectivity index (χ1) is 9.06. The van der Waals surface area contributed by atoms with Gasteiger partial charge in [0.15, 0.2) is 0 Å². The normalized spacial score (nSPS) is 23.2. The molecule has 5 heteroatoms. The van der Waals surface area contributed by atoms with Gasteiger partial charge in [0, 0.05) is 18.8 Å². The lowest BCUT2D eigenvalue weighted by molar-refractivity contribution is -0.386. The first kappa shape index (κ1) is 13.8. The van der Waals surface area contributed by atoms with E-state index in [0.29, 0.717) is 5.92 Å². The van der Waals surface area contributed by atoms with Gasteiger partial charge in [0.1, 0.15) is 0 Å². The van der Waals surface area contributed by atoms with Gasteiger partial charge in [-0.25, -0.2) is 0 Å². The van der Waals surface area contributed by atoms with E-state index >= 15 is 0 Å². The van der Waals surface area contributed by atoms with Gasteiger partial charge in [0.2, 0.25) is 0 Å². The summed E-state index contributed by atoms with van der Waals surface area (Å²) in [6, 6.07) is 1.28. The highest BCUT2D eigenvalue weighted by Crippen LogP contribution is 2.30. The maximum absolute atomic E-state index is 11.3. The predicted octanol–water partition coefficient (Wildman–Crippen LogP) is 2.97. The average Bonchev–Trinajstić information content (AvgIpc) is 2.37. The number of hydrogen-bond donors (Lipinski definition) is 0. The number of nitro groups is 1. The van der Waals surface area contributed by atoms with Crippen LogP contribution in [0, 0.1) is 22.0 Å². The fourth-order valence-corrected chi connectivity index (χ4v) is 2.94. The second-order valence-electron chi connectivity index (χ2n) is 5.62. The lowest BCUT2D eigenvalue weighted by Gasteiger charge is -2.26. The smallest absolute Gasteiger partial charge is 0.332 e. The highest BCUT2D eigenvalue weighted by Gasteiger charge is 2.19. The van der Waals surface area contributed by atoms with Crippen LogP contribution >= 0.6 is 0 Å². The molecule has 0 spiro atoms. The van der Waals surface area contributed by atoms with Crippen LogP contribution in [0.25, 0.3) is 0 Å². The number of pyridine rings is 1. The Bertz CT molecular complexity index is 510. The Balaban J connectivity index is 1.98. The molecular formula is C14H20N2O3. The Labute approximate surface area is 112 Å². The van der Waals surface area contributed by atoms with E-state index in [1.165, 1.54) is 37.9 Å². The standard InChI is InChI=1S/C14H20N2O3/c1-11-3-2-4-12(9-11)5-7-15-8-6-14(17)13(10-15)16(18)19/h6,8,10-12H,2-5,7,9H2,1H3/t11-,12+/m1/s1. The van der Waals surface area contributed by atoms with Gasteiger partial charge < -0.3 is 4.57 Å². The molecule has 0 aliphatic heterocycles. The van der Waals surface area contributed by atoms with E-state index in [4.69, 9.17) is 0 Å². The van der Waals surface area contributed by atoms with Crippen LogP contribution in [-0.4, -0.2) is 9.49 Å². The maximum atomic E-state index is 11.3. The molecule has 0 aromatic carbocycles. The highest BCUT2D eigenvalue weighted by molar-refractivity contribution is 5.25. The van der Waals surface area contributed by atoms with Crippen LogP contribution in [0.15, 0.2) is 23.3 Å². The second kappa shape index (κ2) is 5.99. The van der Waals surface area contributed by atoms with Crippen molar-refractivity contribution in [2.75, 3.05) is 0 Å². The number of nitrogens with zero attached hydrogens (tertiary/aromatic N) is 2. The summed E-state index contributed by atoms with van der Waals surface area (Å²) < 4.78 is 1.76. The van der Waals surface area contributed by atoms with Crippen LogP contribution in [0.4, 0.5) is 5.69 Å². The fraction of sp³-hybridized carbons (Fsp3) is 0.643. The van der Waals surface area contributed by atoms with Crippen molar-refractivity contribution in [3.8, 4) is 0 Å². The summed E-state index contributed by atoms with van der Waals surface area (Å²) in [5, 5.41) is 10.7. The second-order valence-corrected chi connectivity index (χ2v) is 5.62. The SMILES string of the molecule is C[C@@H]1CCC[C@@H](CCn2ccc(=O)c([N+](=O)[O-])c2)C1. The fourth-order valence-electron chi connectivity index (χ4n) is 2.94. The van der Waals surface area contributed by atoms with Crippen molar-refractivity contribution in [3.63, 3.8) is 0 Å². The monoisotopic (exact) mass is 264 g/mol. The molecule has 1 aromatic heterocycles.